The molecule has 0 aliphatic heterocycles. The lowest BCUT2D eigenvalue weighted by atomic mass is 10.1. The maximum atomic E-state index is 11.0. The van der Waals surface area contributed by atoms with E-state index in [1.165, 1.54) is 5.56 Å². The fourth-order valence-corrected chi connectivity index (χ4v) is 1.46. The second kappa shape index (κ2) is 6.75. The number of ether oxygens (including phenoxy) is 2. The van der Waals surface area contributed by atoms with Gasteiger partial charge in [0.15, 0.2) is 18.1 Å². The van der Waals surface area contributed by atoms with Gasteiger partial charge in [0.1, 0.15) is 0 Å². The Morgan fingerprint density at radius 3 is 2.76 bits per heavy atom. The number of nitrogens with two attached hydrogens (primary N) is 1. The predicted octanol–water partition coefficient (Wildman–Crippen LogP) is 1.02. The Balaban J connectivity index is 2.74. The van der Waals surface area contributed by atoms with Gasteiger partial charge in [-0.1, -0.05) is 19.4 Å². The molecule has 1 aromatic carbocycles. The molecule has 5 nitrogen and oxygen atoms in total. The van der Waals surface area contributed by atoms with Gasteiger partial charge in [-0.2, -0.15) is 0 Å². The quantitative estimate of drug-likeness (QED) is 0.441. The first-order valence-electron chi connectivity index (χ1n) is 5.50. The normalized spacial score (nSPS) is 9.82. The highest BCUT2D eigenvalue weighted by Crippen LogP contribution is 2.28. The van der Waals surface area contributed by atoms with E-state index in [9.17, 15) is 4.79 Å². The van der Waals surface area contributed by atoms with E-state index in [1.807, 2.05) is 17.6 Å². The molecule has 0 unspecified atom stereocenters. The van der Waals surface area contributed by atoms with Gasteiger partial charge in [-0.25, -0.2) is 5.84 Å². The van der Waals surface area contributed by atoms with Crippen molar-refractivity contribution in [1.82, 2.24) is 5.43 Å². The summed E-state index contributed by atoms with van der Waals surface area (Å²) >= 11 is 0. The minimum atomic E-state index is -0.385. The zero-order valence-corrected chi connectivity index (χ0v) is 10.2. The van der Waals surface area contributed by atoms with Crippen molar-refractivity contribution in [3.8, 4) is 11.5 Å². The number of hydrogen-bond acceptors (Lipinski definition) is 4. The fraction of sp³-hybridized carbons (Fsp3) is 0.417. The molecule has 0 saturated heterocycles. The minimum Gasteiger partial charge on any atom is -0.493 e. The maximum Gasteiger partial charge on any atom is 0.271 e. The van der Waals surface area contributed by atoms with Gasteiger partial charge in [-0.05, 0) is 24.1 Å². The molecule has 0 saturated carbocycles. The van der Waals surface area contributed by atoms with Crippen LogP contribution in [0.4, 0.5) is 0 Å². The summed E-state index contributed by atoms with van der Waals surface area (Å²) in [5.41, 5.74) is 3.18. The van der Waals surface area contributed by atoms with Crippen molar-refractivity contribution in [2.75, 3.05) is 13.7 Å². The molecule has 17 heavy (non-hydrogen) atoms. The average Bonchev–Trinajstić information content (AvgIpc) is 2.36. The van der Waals surface area contributed by atoms with Gasteiger partial charge < -0.3 is 9.47 Å². The van der Waals surface area contributed by atoms with Crippen LogP contribution in [0.25, 0.3) is 0 Å². The lowest BCUT2D eigenvalue weighted by molar-refractivity contribution is -0.123. The van der Waals surface area contributed by atoms with Crippen LogP contribution in [0, 0.1) is 0 Å². The Morgan fingerprint density at radius 2 is 2.18 bits per heavy atom. The van der Waals surface area contributed by atoms with Crippen molar-refractivity contribution in [3.63, 3.8) is 0 Å². The molecule has 0 spiro atoms. The summed E-state index contributed by atoms with van der Waals surface area (Å²) in [4.78, 5) is 11.0. The number of hydrogen-bond donors (Lipinski definition) is 2. The van der Waals surface area contributed by atoms with Crippen LogP contribution in [-0.2, 0) is 11.2 Å². The van der Waals surface area contributed by atoms with Crippen molar-refractivity contribution in [2.45, 2.75) is 19.8 Å². The summed E-state index contributed by atoms with van der Waals surface area (Å²) in [6.07, 6.45) is 2.05. The Hall–Kier alpha value is -1.75. The molecule has 0 heterocycles. The highest BCUT2D eigenvalue weighted by atomic mass is 16.5. The van der Waals surface area contributed by atoms with E-state index in [4.69, 9.17) is 15.3 Å². The molecule has 0 bridgehead atoms. The number of nitrogens with one attached hydrogen (secondary N) is 1. The number of carbonyl (C=O) groups excluding carboxylic acids is 1. The number of benzene rings is 1. The lowest BCUT2D eigenvalue weighted by Gasteiger charge is -2.11. The second-order valence-corrected chi connectivity index (χ2v) is 3.59. The topological polar surface area (TPSA) is 73.6 Å². The molecule has 0 fully saturated rings. The van der Waals surface area contributed by atoms with Gasteiger partial charge in [0, 0.05) is 0 Å². The largest absolute Gasteiger partial charge is 0.493 e. The molecule has 1 rings (SSSR count). The van der Waals surface area contributed by atoms with Gasteiger partial charge in [0.25, 0.3) is 5.91 Å². The van der Waals surface area contributed by atoms with Crippen LogP contribution in [0.1, 0.15) is 18.9 Å². The molecule has 0 atom stereocenters. The molecule has 0 radical (unpaired) electrons. The van der Waals surface area contributed by atoms with Gasteiger partial charge >= 0.3 is 0 Å². The van der Waals surface area contributed by atoms with E-state index < -0.39 is 0 Å². The zero-order valence-electron chi connectivity index (χ0n) is 10.2. The minimum absolute atomic E-state index is 0.125. The monoisotopic (exact) mass is 238 g/mol. The Labute approximate surface area is 101 Å². The number of methoxy groups -OCH3 is 1. The number of aryl methyl sites for hydroxylation is 1. The van der Waals surface area contributed by atoms with E-state index in [0.717, 1.165) is 12.8 Å². The Kier molecular flexibility index (Phi) is 5.29. The van der Waals surface area contributed by atoms with Crippen LogP contribution in [0.3, 0.4) is 0 Å². The van der Waals surface area contributed by atoms with Crippen molar-refractivity contribution in [3.05, 3.63) is 23.8 Å². The summed E-state index contributed by atoms with van der Waals surface area (Å²) in [6, 6.07) is 5.68. The van der Waals surface area contributed by atoms with Crippen molar-refractivity contribution < 1.29 is 14.3 Å². The third-order valence-electron chi connectivity index (χ3n) is 2.29. The standard InChI is InChI=1S/C12H18N2O3/c1-3-4-9-5-6-10(11(7-9)16-2)17-8-12(15)14-13/h5-7H,3-4,8,13H2,1-2H3,(H,14,15). The van der Waals surface area contributed by atoms with Gasteiger partial charge in [-0.3, -0.25) is 10.2 Å². The molecule has 1 amide bonds. The highest BCUT2D eigenvalue weighted by molar-refractivity contribution is 5.76. The van der Waals surface area contributed by atoms with Crippen molar-refractivity contribution in [1.29, 1.82) is 0 Å². The van der Waals surface area contributed by atoms with Crippen LogP contribution in [0.5, 0.6) is 11.5 Å². The molecule has 0 aromatic heterocycles. The summed E-state index contributed by atoms with van der Waals surface area (Å²) in [5.74, 6) is 5.74. The van der Waals surface area contributed by atoms with Crippen LogP contribution >= 0.6 is 0 Å². The Bertz CT molecular complexity index is 380. The number of hydrazine groups is 1. The average molecular weight is 238 g/mol. The molecule has 0 aliphatic rings. The number of carbonyl (C=O) groups is 1. The second-order valence-electron chi connectivity index (χ2n) is 3.59. The number of rotatable bonds is 6. The molecular formula is C12H18N2O3. The summed E-state index contributed by atoms with van der Waals surface area (Å²) in [7, 11) is 1.57. The molecule has 94 valence electrons. The van der Waals surface area contributed by atoms with Crippen LogP contribution in [-0.4, -0.2) is 19.6 Å². The smallest absolute Gasteiger partial charge is 0.271 e. The van der Waals surface area contributed by atoms with Gasteiger partial charge in [-0.15, -0.1) is 0 Å². The van der Waals surface area contributed by atoms with E-state index >= 15 is 0 Å². The van der Waals surface area contributed by atoms with E-state index in [0.29, 0.717) is 11.5 Å². The predicted molar refractivity (Wildman–Crippen MR) is 64.8 cm³/mol. The van der Waals surface area contributed by atoms with Gasteiger partial charge in [0.2, 0.25) is 0 Å². The highest BCUT2D eigenvalue weighted by Gasteiger charge is 2.07. The third-order valence-corrected chi connectivity index (χ3v) is 2.29. The van der Waals surface area contributed by atoms with Crippen LogP contribution in [0.15, 0.2) is 18.2 Å². The molecule has 5 heteroatoms. The SMILES string of the molecule is CCCc1ccc(OCC(=O)NN)c(OC)c1. The summed E-state index contributed by atoms with van der Waals surface area (Å²) in [5, 5.41) is 0. The first kappa shape index (κ1) is 13.3. The molecular weight excluding hydrogens is 220 g/mol. The lowest BCUT2D eigenvalue weighted by Crippen LogP contribution is -2.34. The van der Waals surface area contributed by atoms with Gasteiger partial charge in [0.05, 0.1) is 7.11 Å². The first-order chi connectivity index (χ1) is 8.21. The third kappa shape index (κ3) is 3.96. The van der Waals surface area contributed by atoms with E-state index in [-0.39, 0.29) is 12.5 Å². The zero-order chi connectivity index (χ0) is 12.7. The number of amides is 1. The fourth-order valence-electron chi connectivity index (χ4n) is 1.46. The van der Waals surface area contributed by atoms with Crippen LogP contribution in [0.2, 0.25) is 0 Å². The van der Waals surface area contributed by atoms with E-state index in [2.05, 4.69) is 6.92 Å². The summed E-state index contributed by atoms with van der Waals surface area (Å²) < 4.78 is 10.5. The van der Waals surface area contributed by atoms with Crippen LogP contribution < -0.4 is 20.7 Å². The molecule has 0 aliphatic carbocycles. The summed E-state index contributed by atoms with van der Waals surface area (Å²) in [6.45, 7) is 1.99. The van der Waals surface area contributed by atoms with Crippen molar-refractivity contribution in [2.24, 2.45) is 5.84 Å². The van der Waals surface area contributed by atoms with Crippen molar-refractivity contribution >= 4 is 5.91 Å². The molecule has 3 N–H and O–H groups in total. The molecule has 1 aromatic rings. The Morgan fingerprint density at radius 1 is 1.41 bits per heavy atom. The maximum absolute atomic E-state index is 11.0. The van der Waals surface area contributed by atoms with E-state index in [1.54, 1.807) is 13.2 Å². The first-order valence-corrected chi connectivity index (χ1v) is 5.50.